The van der Waals surface area contributed by atoms with Gasteiger partial charge < -0.3 is 34.8 Å². The van der Waals surface area contributed by atoms with Crippen LogP contribution >= 0.6 is 35.6 Å². The van der Waals surface area contributed by atoms with E-state index in [0.29, 0.717) is 50.4 Å². The number of nitrogens with one attached hydrogen (secondary N) is 1. The van der Waals surface area contributed by atoms with Crippen LogP contribution in [0.5, 0.6) is 0 Å². The Morgan fingerprint density at radius 3 is 1.40 bits per heavy atom. The Kier molecular flexibility index (Phi) is 20.0. The van der Waals surface area contributed by atoms with Crippen molar-refractivity contribution in [2.45, 2.75) is 38.8 Å². The highest BCUT2D eigenvalue weighted by atomic mass is 35.5. The largest absolute Gasteiger partial charge is 0.478 e. The number of halogens is 3. The molecule has 2 heterocycles. The molecule has 2 unspecified atom stereocenters. The molecule has 0 fully saturated rings. The molecule has 0 spiro atoms. The van der Waals surface area contributed by atoms with Gasteiger partial charge in [-0.3, -0.25) is 28.3 Å². The molecule has 0 bridgehead atoms. The number of nitrogens with zero attached hydrogens (tertiary/aromatic N) is 4. The summed E-state index contributed by atoms with van der Waals surface area (Å²) < 4.78 is 14.3. The van der Waals surface area contributed by atoms with Gasteiger partial charge >= 0.3 is 29.3 Å². The molecule has 17 nitrogen and oxygen atoms in total. The molecule has 6 rings (SSSR count). The molecule has 0 saturated heterocycles. The third-order valence-electron chi connectivity index (χ3n) is 10.5. The van der Waals surface area contributed by atoms with Crippen LogP contribution in [-0.2, 0) is 60.1 Å². The quantitative estimate of drug-likeness (QED) is 0.149. The first kappa shape index (κ1) is 55.3. The van der Waals surface area contributed by atoms with Crippen LogP contribution in [0.15, 0.2) is 117 Å². The third-order valence-corrected chi connectivity index (χ3v) is 11.1. The monoisotopic (exact) mass is 992 g/mol. The highest BCUT2D eigenvalue weighted by molar-refractivity contribution is 6.34. The van der Waals surface area contributed by atoms with Crippen LogP contribution in [0.2, 0.25) is 10.0 Å². The average Bonchev–Trinajstić information content (AvgIpc) is 3.30. The van der Waals surface area contributed by atoms with Crippen molar-refractivity contribution in [3.05, 3.63) is 182 Å². The van der Waals surface area contributed by atoms with Gasteiger partial charge in [0.05, 0.1) is 46.5 Å². The first-order valence-corrected chi connectivity index (χ1v) is 21.0. The SMILES string of the molecule is COC(=O)C(Cc1ccc(-c2cn(C)c(=O)n(C)c2=O)cc1)NC(=O)c1c(C)cccc1Cl.COC(=O)C(N)Cc1ccc(-c2cn(C)c(=O)n(C)c2=O)cc1.Cc1cccc(Cl)c1C(=O)O.Cl. The predicted molar refractivity (Wildman–Crippen MR) is 262 cm³/mol. The van der Waals surface area contributed by atoms with E-state index in [1.54, 1.807) is 113 Å². The molecule has 6 aromatic rings. The fourth-order valence-electron chi connectivity index (χ4n) is 6.77. The van der Waals surface area contributed by atoms with E-state index in [0.717, 1.165) is 20.3 Å². The lowest BCUT2D eigenvalue weighted by Gasteiger charge is -2.18. The van der Waals surface area contributed by atoms with E-state index in [4.69, 9.17) is 38.8 Å². The van der Waals surface area contributed by atoms with Crippen molar-refractivity contribution in [1.82, 2.24) is 23.6 Å². The summed E-state index contributed by atoms with van der Waals surface area (Å²) >= 11 is 11.8. The van der Waals surface area contributed by atoms with Gasteiger partial charge in [-0.25, -0.2) is 19.2 Å². The lowest BCUT2D eigenvalue weighted by Crippen LogP contribution is -2.43. The Morgan fingerprint density at radius 1 is 0.632 bits per heavy atom. The molecular formula is C48H51Cl3N6O11. The van der Waals surface area contributed by atoms with Crippen LogP contribution < -0.4 is 33.5 Å². The summed E-state index contributed by atoms with van der Waals surface area (Å²) in [7, 11) is 8.57. The molecule has 0 saturated carbocycles. The maximum atomic E-state index is 12.8. The summed E-state index contributed by atoms with van der Waals surface area (Å²) in [5, 5.41) is 11.9. The van der Waals surface area contributed by atoms with Crippen molar-refractivity contribution in [2.75, 3.05) is 14.2 Å². The molecule has 0 aliphatic rings. The number of hydrogen-bond donors (Lipinski definition) is 3. The highest BCUT2D eigenvalue weighted by Crippen LogP contribution is 2.22. The number of carbonyl (C=O) groups excluding carboxylic acids is 3. The third kappa shape index (κ3) is 13.5. The van der Waals surface area contributed by atoms with Crippen molar-refractivity contribution in [1.29, 1.82) is 0 Å². The zero-order valence-electron chi connectivity index (χ0n) is 38.4. The van der Waals surface area contributed by atoms with Crippen LogP contribution in [0.25, 0.3) is 22.3 Å². The minimum Gasteiger partial charge on any atom is -0.478 e. The predicted octanol–water partition coefficient (Wildman–Crippen LogP) is 4.79. The minimum atomic E-state index is -0.979. The molecule has 2 aromatic heterocycles. The first-order chi connectivity index (χ1) is 31.6. The van der Waals surface area contributed by atoms with E-state index in [1.807, 2.05) is 0 Å². The number of aromatic nitrogens is 4. The molecule has 4 N–H and O–H groups in total. The van der Waals surface area contributed by atoms with E-state index in [9.17, 15) is 38.4 Å². The lowest BCUT2D eigenvalue weighted by molar-refractivity contribution is -0.143. The van der Waals surface area contributed by atoms with Crippen LogP contribution in [0, 0.1) is 13.8 Å². The van der Waals surface area contributed by atoms with Gasteiger partial charge in [-0.05, 0) is 65.8 Å². The number of esters is 2. The second-order valence-corrected chi connectivity index (χ2v) is 16.1. The number of carbonyl (C=O) groups is 4. The number of carboxylic acids is 1. The number of hydrogen-bond acceptors (Lipinski definition) is 11. The maximum absolute atomic E-state index is 12.8. The molecule has 0 aliphatic carbocycles. The molecule has 0 radical (unpaired) electrons. The topological polar surface area (TPSA) is 233 Å². The fourth-order valence-corrected chi connectivity index (χ4v) is 7.38. The highest BCUT2D eigenvalue weighted by Gasteiger charge is 2.25. The zero-order valence-corrected chi connectivity index (χ0v) is 40.7. The number of aryl methyl sites for hydroxylation is 4. The van der Waals surface area contributed by atoms with Crippen LogP contribution in [0.4, 0.5) is 0 Å². The molecule has 0 aliphatic heterocycles. The van der Waals surface area contributed by atoms with Crippen molar-refractivity contribution in [3.63, 3.8) is 0 Å². The van der Waals surface area contributed by atoms with Gasteiger partial charge in [0.1, 0.15) is 12.1 Å². The van der Waals surface area contributed by atoms with Gasteiger partial charge in [0.2, 0.25) is 0 Å². The summed E-state index contributed by atoms with van der Waals surface area (Å²) in [6, 6.07) is 22.5. The summed E-state index contributed by atoms with van der Waals surface area (Å²) in [5.74, 6) is -2.52. The lowest BCUT2D eigenvalue weighted by atomic mass is 10.0. The van der Waals surface area contributed by atoms with Gasteiger partial charge in [0.25, 0.3) is 17.0 Å². The normalized spacial score (nSPS) is 11.3. The van der Waals surface area contributed by atoms with Crippen LogP contribution in [0.3, 0.4) is 0 Å². The van der Waals surface area contributed by atoms with Crippen molar-refractivity contribution < 1.29 is 33.8 Å². The summed E-state index contributed by atoms with van der Waals surface area (Å²) in [6.07, 6.45) is 3.52. The van der Waals surface area contributed by atoms with E-state index < -0.39 is 47.1 Å². The molecule has 68 heavy (non-hydrogen) atoms. The average molecular weight is 994 g/mol. The van der Waals surface area contributed by atoms with E-state index in [-0.39, 0.29) is 40.7 Å². The van der Waals surface area contributed by atoms with Crippen molar-refractivity contribution in [2.24, 2.45) is 33.9 Å². The second kappa shape index (κ2) is 24.6. The van der Waals surface area contributed by atoms with E-state index in [1.165, 1.54) is 49.8 Å². The van der Waals surface area contributed by atoms with Gasteiger partial charge in [-0.2, -0.15) is 0 Å². The summed E-state index contributed by atoms with van der Waals surface area (Å²) in [5.41, 5.74) is 9.76. The number of carboxylic acid groups (broad SMARTS) is 1. The fraction of sp³-hybridized carbons (Fsp3) is 0.250. The Hall–Kier alpha value is -7.05. The standard InChI is InChI=1S/C24H24ClN3O5.C16H19N3O4.C8H7ClO2.ClH/c1-14-6-5-7-18(25)20(14)21(29)26-19(23(31)33-4)12-15-8-10-16(11-9-15)17-13-27(2)24(32)28(3)22(17)30;1-18-9-12(14(20)19(2)16(18)22)11-6-4-10(5-7-11)8-13(17)15(21)23-3;1-5-3-2-4-6(9)7(5)8(10)11;/h5-11,13,19H,12H2,1-4H3,(H,26,29);4-7,9,13H,8,17H2,1-3H3;2-4H,1H3,(H,10,11);1H. The minimum absolute atomic E-state index is 0. The number of benzene rings is 4. The number of nitrogens with two attached hydrogens (primary N) is 1. The number of aromatic carboxylic acids is 1. The smallest absolute Gasteiger partial charge is 0.337 e. The van der Waals surface area contributed by atoms with Gasteiger partial charge in [-0.15, -0.1) is 12.4 Å². The molecule has 2 atom stereocenters. The molecule has 4 aromatic carbocycles. The van der Waals surface area contributed by atoms with Gasteiger partial charge in [0.15, 0.2) is 0 Å². The van der Waals surface area contributed by atoms with Crippen molar-refractivity contribution in [3.8, 4) is 22.3 Å². The number of methoxy groups -OCH3 is 2. The number of rotatable bonds is 11. The second-order valence-electron chi connectivity index (χ2n) is 15.3. The first-order valence-electron chi connectivity index (χ1n) is 20.3. The summed E-state index contributed by atoms with van der Waals surface area (Å²) in [4.78, 5) is 95.3. The maximum Gasteiger partial charge on any atom is 0.337 e. The van der Waals surface area contributed by atoms with Gasteiger partial charge in [-0.1, -0.05) is 96.0 Å². The molecule has 20 heteroatoms. The molecule has 1 amide bonds. The summed E-state index contributed by atoms with van der Waals surface area (Å²) in [6.45, 7) is 3.48. The van der Waals surface area contributed by atoms with Crippen molar-refractivity contribution >= 4 is 59.4 Å². The number of ether oxygens (including phenoxy) is 2. The van der Waals surface area contributed by atoms with E-state index >= 15 is 0 Å². The Bertz CT molecular complexity index is 3010. The van der Waals surface area contributed by atoms with Crippen LogP contribution in [-0.4, -0.2) is 73.5 Å². The van der Waals surface area contributed by atoms with Gasteiger partial charge in [0, 0.05) is 47.0 Å². The Labute approximate surface area is 406 Å². The van der Waals surface area contributed by atoms with Crippen LogP contribution in [0.1, 0.15) is 43.0 Å². The molecular weight excluding hydrogens is 943 g/mol. The Balaban J connectivity index is 0.000000302. The zero-order chi connectivity index (χ0) is 49.9. The number of amides is 1. The molecule has 360 valence electrons. The Morgan fingerprint density at radius 2 is 1.03 bits per heavy atom. The van der Waals surface area contributed by atoms with E-state index in [2.05, 4.69) is 10.1 Å².